The van der Waals surface area contributed by atoms with Gasteiger partial charge in [-0.05, 0) is 56.1 Å². The van der Waals surface area contributed by atoms with Gasteiger partial charge in [0.2, 0.25) is 5.91 Å². The molecule has 2 aliphatic carbocycles. The number of furan rings is 1. The van der Waals surface area contributed by atoms with Gasteiger partial charge in [0, 0.05) is 18.9 Å². The number of nitrogens with one attached hydrogen (secondary N) is 1. The molecule has 3 rings (SSSR count). The van der Waals surface area contributed by atoms with Gasteiger partial charge in [-0.3, -0.25) is 4.79 Å². The average Bonchev–Trinajstić information content (AvgIpc) is 3.13. The molecule has 104 valence electrons. The molecule has 1 aromatic heterocycles. The van der Waals surface area contributed by atoms with Crippen LogP contribution in [0.5, 0.6) is 0 Å². The Hall–Kier alpha value is -1.25. The van der Waals surface area contributed by atoms with Crippen molar-refractivity contribution >= 4 is 5.91 Å². The van der Waals surface area contributed by atoms with E-state index in [0.717, 1.165) is 17.6 Å². The summed E-state index contributed by atoms with van der Waals surface area (Å²) in [6.45, 7) is 2.18. The number of carbonyl (C=O) groups is 1. The smallest absolute Gasteiger partial charge is 0.220 e. The summed E-state index contributed by atoms with van der Waals surface area (Å²) in [7, 11) is 0. The van der Waals surface area contributed by atoms with Gasteiger partial charge >= 0.3 is 0 Å². The number of fused-ring (bicyclic) bond motifs is 2. The molecule has 0 aromatic carbocycles. The minimum absolute atomic E-state index is 0.159. The van der Waals surface area contributed by atoms with Crippen molar-refractivity contribution in [3.8, 4) is 0 Å². The highest BCUT2D eigenvalue weighted by Gasteiger charge is 2.41. The van der Waals surface area contributed by atoms with Crippen molar-refractivity contribution in [1.29, 1.82) is 0 Å². The predicted molar refractivity (Wildman–Crippen MR) is 73.6 cm³/mol. The van der Waals surface area contributed by atoms with Crippen molar-refractivity contribution in [2.75, 3.05) is 0 Å². The number of hydrogen-bond acceptors (Lipinski definition) is 2. The Balaban J connectivity index is 1.44. The van der Waals surface area contributed by atoms with Gasteiger partial charge in [-0.25, -0.2) is 0 Å². The molecular formula is C16H23NO2. The molecule has 3 nitrogen and oxygen atoms in total. The summed E-state index contributed by atoms with van der Waals surface area (Å²) in [4.78, 5) is 12.0. The maximum absolute atomic E-state index is 12.0. The zero-order valence-electron chi connectivity index (χ0n) is 11.6. The largest absolute Gasteiger partial charge is 0.469 e. The molecule has 1 N–H and O–H groups in total. The van der Waals surface area contributed by atoms with Gasteiger partial charge in [0.25, 0.3) is 0 Å². The first-order valence-electron chi connectivity index (χ1n) is 7.54. The lowest BCUT2D eigenvalue weighted by atomic mass is 9.84. The van der Waals surface area contributed by atoms with Crippen LogP contribution in [0, 0.1) is 17.8 Å². The van der Waals surface area contributed by atoms with Crippen LogP contribution in [0.15, 0.2) is 22.8 Å². The Labute approximate surface area is 114 Å². The second-order valence-corrected chi connectivity index (χ2v) is 6.27. The summed E-state index contributed by atoms with van der Waals surface area (Å²) in [6.07, 6.45) is 8.40. The first kappa shape index (κ1) is 12.8. The van der Waals surface area contributed by atoms with E-state index in [1.54, 1.807) is 6.26 Å². The normalized spacial score (nSPS) is 30.5. The number of amides is 1. The molecular weight excluding hydrogens is 238 g/mol. The van der Waals surface area contributed by atoms with E-state index in [9.17, 15) is 4.79 Å². The van der Waals surface area contributed by atoms with Crippen molar-refractivity contribution < 1.29 is 9.21 Å². The Morgan fingerprint density at radius 2 is 2.37 bits per heavy atom. The quantitative estimate of drug-likeness (QED) is 0.884. The van der Waals surface area contributed by atoms with E-state index in [1.165, 1.54) is 25.7 Å². The molecule has 1 amide bonds. The average molecular weight is 261 g/mol. The van der Waals surface area contributed by atoms with E-state index in [-0.39, 0.29) is 5.91 Å². The fraction of sp³-hybridized carbons (Fsp3) is 0.688. The fourth-order valence-electron chi connectivity index (χ4n) is 4.03. The summed E-state index contributed by atoms with van der Waals surface area (Å²) < 4.78 is 5.25. The van der Waals surface area contributed by atoms with E-state index in [4.69, 9.17) is 4.42 Å². The lowest BCUT2D eigenvalue weighted by molar-refractivity contribution is -0.122. The van der Waals surface area contributed by atoms with Gasteiger partial charge in [-0.2, -0.15) is 0 Å². The van der Waals surface area contributed by atoms with E-state index < -0.39 is 0 Å². The standard InChI is InChI=1S/C16H23NO2/c1-11(15-10-12-4-5-13(15)9-12)17-16(18)7-6-14-3-2-8-19-14/h2-3,8,11-13,15H,4-7,9-10H2,1H3,(H,17,18)/t11-,12+,13+,15+/m1/s1. The molecule has 19 heavy (non-hydrogen) atoms. The van der Waals surface area contributed by atoms with Gasteiger partial charge in [0.05, 0.1) is 6.26 Å². The molecule has 0 aliphatic heterocycles. The Morgan fingerprint density at radius 3 is 3.00 bits per heavy atom. The van der Waals surface area contributed by atoms with Crippen LogP contribution in [-0.4, -0.2) is 11.9 Å². The fourth-order valence-corrected chi connectivity index (χ4v) is 4.03. The molecule has 1 aromatic rings. The molecule has 0 saturated heterocycles. The highest BCUT2D eigenvalue weighted by atomic mass is 16.3. The van der Waals surface area contributed by atoms with Crippen molar-refractivity contribution in [2.24, 2.45) is 17.8 Å². The molecule has 0 unspecified atom stereocenters. The van der Waals surface area contributed by atoms with Gasteiger partial charge in [0.15, 0.2) is 0 Å². The Morgan fingerprint density at radius 1 is 1.47 bits per heavy atom. The highest BCUT2D eigenvalue weighted by molar-refractivity contribution is 5.76. The number of rotatable bonds is 5. The van der Waals surface area contributed by atoms with Crippen molar-refractivity contribution in [2.45, 2.75) is 51.5 Å². The molecule has 1 heterocycles. The maximum Gasteiger partial charge on any atom is 0.220 e. The summed E-state index contributed by atoms with van der Waals surface area (Å²) in [5, 5.41) is 3.19. The van der Waals surface area contributed by atoms with Crippen molar-refractivity contribution in [3.05, 3.63) is 24.2 Å². The zero-order valence-corrected chi connectivity index (χ0v) is 11.6. The molecule has 0 spiro atoms. The van der Waals surface area contributed by atoms with Crippen molar-refractivity contribution in [3.63, 3.8) is 0 Å². The first-order chi connectivity index (χ1) is 9.22. The molecule has 4 atom stereocenters. The van der Waals surface area contributed by atoms with Crippen LogP contribution >= 0.6 is 0 Å². The van der Waals surface area contributed by atoms with Gasteiger partial charge < -0.3 is 9.73 Å². The molecule has 2 bridgehead atoms. The van der Waals surface area contributed by atoms with Crippen molar-refractivity contribution in [1.82, 2.24) is 5.32 Å². The van der Waals surface area contributed by atoms with Crippen LogP contribution in [0.1, 0.15) is 44.8 Å². The van der Waals surface area contributed by atoms with Crippen LogP contribution < -0.4 is 5.32 Å². The van der Waals surface area contributed by atoms with Crippen LogP contribution in [0.4, 0.5) is 0 Å². The molecule has 3 heteroatoms. The second-order valence-electron chi connectivity index (χ2n) is 6.27. The molecule has 0 radical (unpaired) electrons. The first-order valence-corrected chi connectivity index (χ1v) is 7.54. The second kappa shape index (κ2) is 5.40. The number of carbonyl (C=O) groups excluding carboxylic acids is 1. The van der Waals surface area contributed by atoms with E-state index in [2.05, 4.69) is 12.2 Å². The number of hydrogen-bond donors (Lipinski definition) is 1. The Kier molecular flexibility index (Phi) is 3.63. The SMILES string of the molecule is C[C@@H](NC(=O)CCc1ccco1)[C@@H]1C[C@H]2CC[C@H]1C2. The monoisotopic (exact) mass is 261 g/mol. The topological polar surface area (TPSA) is 42.2 Å². The third-order valence-electron chi connectivity index (χ3n) is 5.00. The third-order valence-corrected chi connectivity index (χ3v) is 5.00. The highest BCUT2D eigenvalue weighted by Crippen LogP contribution is 2.49. The Bertz CT molecular complexity index is 426. The van der Waals surface area contributed by atoms with E-state index in [0.29, 0.717) is 24.8 Å². The number of aryl methyl sites for hydroxylation is 1. The molecule has 2 saturated carbocycles. The van der Waals surface area contributed by atoms with Crippen LogP contribution in [-0.2, 0) is 11.2 Å². The zero-order chi connectivity index (χ0) is 13.2. The minimum Gasteiger partial charge on any atom is -0.469 e. The van der Waals surface area contributed by atoms with Gasteiger partial charge in [-0.15, -0.1) is 0 Å². The molecule has 2 fully saturated rings. The van der Waals surface area contributed by atoms with Crippen LogP contribution in [0.25, 0.3) is 0 Å². The predicted octanol–water partition coefficient (Wildman–Crippen LogP) is 3.15. The van der Waals surface area contributed by atoms with Crippen LogP contribution in [0.2, 0.25) is 0 Å². The summed E-state index contributed by atoms with van der Waals surface area (Å²) >= 11 is 0. The van der Waals surface area contributed by atoms with Crippen LogP contribution in [0.3, 0.4) is 0 Å². The van der Waals surface area contributed by atoms with E-state index in [1.807, 2.05) is 12.1 Å². The third kappa shape index (κ3) is 2.85. The van der Waals surface area contributed by atoms with E-state index >= 15 is 0 Å². The van der Waals surface area contributed by atoms with Gasteiger partial charge in [0.1, 0.15) is 5.76 Å². The summed E-state index contributed by atoms with van der Waals surface area (Å²) in [5.74, 6) is 3.57. The van der Waals surface area contributed by atoms with Gasteiger partial charge in [-0.1, -0.05) is 6.42 Å². The lowest BCUT2D eigenvalue weighted by Gasteiger charge is -2.28. The maximum atomic E-state index is 12.0. The summed E-state index contributed by atoms with van der Waals surface area (Å²) in [5.41, 5.74) is 0. The lowest BCUT2D eigenvalue weighted by Crippen LogP contribution is -2.40. The molecule has 2 aliphatic rings. The minimum atomic E-state index is 0.159. The summed E-state index contributed by atoms with van der Waals surface area (Å²) in [6, 6.07) is 4.12.